The van der Waals surface area contributed by atoms with Crippen LogP contribution in [0.3, 0.4) is 0 Å². The van der Waals surface area contributed by atoms with Gasteiger partial charge in [0.25, 0.3) is 0 Å². The smallest absolute Gasteiger partial charge is 0.233 e. The molecule has 2 aromatic carbocycles. The van der Waals surface area contributed by atoms with Gasteiger partial charge in [-0.15, -0.1) is 5.10 Å². The molecule has 1 atom stereocenters. The number of hydrogen-bond acceptors (Lipinski definition) is 4. The minimum Gasteiger partial charge on any atom is -0.480 e. The minimum absolute atomic E-state index is 0.309. The summed E-state index contributed by atoms with van der Waals surface area (Å²) in [6.07, 6.45) is 5.01. The van der Waals surface area contributed by atoms with Crippen molar-refractivity contribution in [2.24, 2.45) is 5.92 Å². The molecule has 0 radical (unpaired) electrons. The van der Waals surface area contributed by atoms with E-state index in [1.165, 1.54) is 25.0 Å². The first-order valence-electron chi connectivity index (χ1n) is 12.1. The molecule has 2 aromatic heterocycles. The molecule has 1 unspecified atom stereocenters. The summed E-state index contributed by atoms with van der Waals surface area (Å²) in [7, 11) is 1.60. The van der Waals surface area contributed by atoms with Gasteiger partial charge >= 0.3 is 0 Å². The van der Waals surface area contributed by atoms with Gasteiger partial charge in [0.2, 0.25) is 5.88 Å². The molecule has 0 amide bonds. The summed E-state index contributed by atoms with van der Waals surface area (Å²) in [4.78, 5) is 0. The molecule has 0 bridgehead atoms. The van der Waals surface area contributed by atoms with Crippen LogP contribution in [0.5, 0.6) is 5.88 Å². The molecule has 4 aromatic rings. The number of ether oxygens (including phenoxy) is 2. The van der Waals surface area contributed by atoms with Crippen LogP contribution in [0.15, 0.2) is 60.8 Å². The highest BCUT2D eigenvalue weighted by Crippen LogP contribution is 2.32. The van der Waals surface area contributed by atoms with Crippen molar-refractivity contribution >= 4 is 0 Å². The summed E-state index contributed by atoms with van der Waals surface area (Å²) in [5.41, 5.74) is 5.67. The highest BCUT2D eigenvalue weighted by atomic mass is 19.1. The average molecular weight is 475 g/mol. The number of aromatic nitrogens is 4. The Bertz CT molecular complexity index is 1290. The molecule has 5 rings (SSSR count). The lowest BCUT2D eigenvalue weighted by molar-refractivity contribution is 0.0522. The topological polar surface area (TPSA) is 54.1 Å². The number of halogens is 1. The predicted molar refractivity (Wildman–Crippen MR) is 132 cm³/mol. The van der Waals surface area contributed by atoms with Crippen molar-refractivity contribution in [3.05, 3.63) is 94.7 Å². The van der Waals surface area contributed by atoms with Gasteiger partial charge in [0.05, 0.1) is 36.9 Å². The summed E-state index contributed by atoms with van der Waals surface area (Å²) in [6, 6.07) is 16.6. The van der Waals surface area contributed by atoms with E-state index in [4.69, 9.17) is 14.6 Å². The van der Waals surface area contributed by atoms with Gasteiger partial charge in [-0.2, -0.15) is 5.10 Å². The van der Waals surface area contributed by atoms with E-state index < -0.39 is 0 Å². The maximum absolute atomic E-state index is 14.3. The fourth-order valence-corrected chi connectivity index (χ4v) is 4.34. The number of methoxy groups -OCH3 is 1. The number of nitrogens with zero attached hydrogens (tertiary/aromatic N) is 4. The van der Waals surface area contributed by atoms with Crippen molar-refractivity contribution in [1.82, 2.24) is 19.6 Å². The zero-order chi connectivity index (χ0) is 24.4. The lowest BCUT2D eigenvalue weighted by Gasteiger charge is -2.19. The Labute approximate surface area is 205 Å². The molecule has 0 N–H and O–H groups in total. The van der Waals surface area contributed by atoms with E-state index in [0.29, 0.717) is 18.9 Å². The SMILES string of the molecule is COc1cc(Cc2cn(CC3CC3)nc2C)n(-c2ccc(F)cc2C(C)OCc2ccccc2)n1. The average Bonchev–Trinajstić information content (AvgIpc) is 3.48. The Morgan fingerprint density at radius 2 is 1.89 bits per heavy atom. The van der Waals surface area contributed by atoms with E-state index in [0.717, 1.165) is 46.2 Å². The fourth-order valence-electron chi connectivity index (χ4n) is 4.34. The quantitative estimate of drug-likeness (QED) is 0.291. The summed E-state index contributed by atoms with van der Waals surface area (Å²) in [6.45, 7) is 5.39. The monoisotopic (exact) mass is 474 g/mol. The van der Waals surface area contributed by atoms with Gasteiger partial charge in [0.1, 0.15) is 5.82 Å². The van der Waals surface area contributed by atoms with Crippen LogP contribution in [0, 0.1) is 18.7 Å². The second-order valence-corrected chi connectivity index (χ2v) is 9.31. The molecular formula is C28H31FN4O2. The van der Waals surface area contributed by atoms with Crippen molar-refractivity contribution in [3.63, 3.8) is 0 Å². The third kappa shape index (κ3) is 5.46. The highest BCUT2D eigenvalue weighted by molar-refractivity contribution is 5.45. The van der Waals surface area contributed by atoms with Crippen molar-refractivity contribution in [2.75, 3.05) is 7.11 Å². The van der Waals surface area contributed by atoms with Crippen LogP contribution >= 0.6 is 0 Å². The molecule has 6 nitrogen and oxygen atoms in total. The molecule has 1 aliphatic carbocycles. The van der Waals surface area contributed by atoms with Crippen LogP contribution in [0.1, 0.15) is 53.9 Å². The fraction of sp³-hybridized carbons (Fsp3) is 0.357. The maximum Gasteiger partial charge on any atom is 0.233 e. The molecule has 2 heterocycles. The molecule has 1 fully saturated rings. The molecule has 0 aliphatic heterocycles. The maximum atomic E-state index is 14.3. The standard InChI is InChI=1S/C28H31FN4O2/c1-19-23(17-32(30-19)16-21-9-10-21)13-25-15-28(34-3)31-33(25)27-12-11-24(29)14-26(27)20(2)35-18-22-7-5-4-6-8-22/h4-8,11-12,14-15,17,20-21H,9-10,13,16,18H2,1-3H3. The number of hydrogen-bond donors (Lipinski definition) is 0. The van der Waals surface area contributed by atoms with Crippen LogP contribution in [-0.2, 0) is 24.3 Å². The summed E-state index contributed by atoms with van der Waals surface area (Å²) in [5, 5.41) is 9.38. The van der Waals surface area contributed by atoms with Gasteiger partial charge in [0.15, 0.2) is 0 Å². The van der Waals surface area contributed by atoms with E-state index in [1.54, 1.807) is 13.2 Å². The molecule has 182 valence electrons. The van der Waals surface area contributed by atoms with Gasteiger partial charge in [0, 0.05) is 30.8 Å². The van der Waals surface area contributed by atoms with Crippen LogP contribution in [0.2, 0.25) is 0 Å². The first-order valence-corrected chi connectivity index (χ1v) is 12.1. The van der Waals surface area contributed by atoms with Crippen LogP contribution in [-0.4, -0.2) is 26.7 Å². The van der Waals surface area contributed by atoms with Crippen LogP contribution in [0.4, 0.5) is 4.39 Å². The molecule has 0 spiro atoms. The zero-order valence-corrected chi connectivity index (χ0v) is 20.4. The second-order valence-electron chi connectivity index (χ2n) is 9.31. The van der Waals surface area contributed by atoms with E-state index in [9.17, 15) is 4.39 Å². The number of rotatable bonds is 10. The van der Waals surface area contributed by atoms with E-state index in [-0.39, 0.29) is 11.9 Å². The molecular weight excluding hydrogens is 443 g/mol. The Kier molecular flexibility index (Phi) is 6.68. The van der Waals surface area contributed by atoms with Gasteiger partial charge in [-0.3, -0.25) is 4.68 Å². The number of aryl methyl sites for hydroxylation is 1. The second kappa shape index (κ2) is 10.0. The highest BCUT2D eigenvalue weighted by Gasteiger charge is 2.23. The lowest BCUT2D eigenvalue weighted by Crippen LogP contribution is -2.10. The van der Waals surface area contributed by atoms with Crippen LogP contribution < -0.4 is 4.74 Å². The summed E-state index contributed by atoms with van der Waals surface area (Å²) >= 11 is 0. The van der Waals surface area contributed by atoms with Crippen molar-refractivity contribution in [1.29, 1.82) is 0 Å². The summed E-state index contributed by atoms with van der Waals surface area (Å²) < 4.78 is 29.8. The van der Waals surface area contributed by atoms with Gasteiger partial charge < -0.3 is 9.47 Å². The minimum atomic E-state index is -0.341. The van der Waals surface area contributed by atoms with Gasteiger partial charge in [-0.05, 0) is 61.9 Å². The molecule has 1 saturated carbocycles. The molecule has 35 heavy (non-hydrogen) atoms. The summed E-state index contributed by atoms with van der Waals surface area (Å²) in [5.74, 6) is 0.958. The Morgan fingerprint density at radius 3 is 2.63 bits per heavy atom. The largest absolute Gasteiger partial charge is 0.480 e. The Hall–Kier alpha value is -3.45. The van der Waals surface area contributed by atoms with Gasteiger partial charge in [-0.1, -0.05) is 30.3 Å². The number of benzene rings is 2. The molecule has 1 aliphatic rings. The van der Waals surface area contributed by atoms with E-state index in [1.807, 2.05) is 54.9 Å². The first-order chi connectivity index (χ1) is 17.0. The third-order valence-electron chi connectivity index (χ3n) is 6.53. The van der Waals surface area contributed by atoms with E-state index >= 15 is 0 Å². The Morgan fingerprint density at radius 1 is 1.09 bits per heavy atom. The van der Waals surface area contributed by atoms with Gasteiger partial charge in [-0.25, -0.2) is 9.07 Å². The van der Waals surface area contributed by atoms with Crippen molar-refractivity contribution in [2.45, 2.75) is 52.4 Å². The third-order valence-corrected chi connectivity index (χ3v) is 6.53. The molecule has 7 heteroatoms. The molecule has 0 saturated heterocycles. The van der Waals surface area contributed by atoms with Crippen molar-refractivity contribution < 1.29 is 13.9 Å². The first kappa shape index (κ1) is 23.3. The van der Waals surface area contributed by atoms with Crippen LogP contribution in [0.25, 0.3) is 5.69 Å². The van der Waals surface area contributed by atoms with Crippen molar-refractivity contribution in [3.8, 4) is 11.6 Å². The predicted octanol–water partition coefficient (Wildman–Crippen LogP) is 5.80. The normalized spacial score (nSPS) is 14.3. The zero-order valence-electron chi connectivity index (χ0n) is 20.4. The Balaban J connectivity index is 1.44. The van der Waals surface area contributed by atoms with E-state index in [2.05, 4.69) is 16.0 Å². The lowest BCUT2D eigenvalue weighted by atomic mass is 10.1.